The van der Waals surface area contributed by atoms with Crippen molar-refractivity contribution in [3.8, 4) is 0 Å². The summed E-state index contributed by atoms with van der Waals surface area (Å²) in [5.74, 6) is 0. The molecule has 0 radical (unpaired) electrons. The summed E-state index contributed by atoms with van der Waals surface area (Å²) in [6.45, 7) is 14.2. The van der Waals surface area contributed by atoms with Crippen molar-refractivity contribution in [2.45, 2.75) is 59.5 Å². The third-order valence-corrected chi connectivity index (χ3v) is 5.38. The third kappa shape index (κ3) is 2.23. The van der Waals surface area contributed by atoms with Gasteiger partial charge in [0.25, 0.3) is 0 Å². The quantitative estimate of drug-likeness (QED) is 0.662. The molecule has 0 saturated carbocycles. The smallest absolute Gasteiger partial charge is 0.0409 e. The average Bonchev–Trinajstić information content (AvgIpc) is 2.53. The summed E-state index contributed by atoms with van der Waals surface area (Å²) >= 11 is 0. The molecule has 1 heteroatoms. The number of anilines is 1. The lowest BCUT2D eigenvalue weighted by atomic mass is 9.82. The van der Waals surface area contributed by atoms with E-state index >= 15 is 0 Å². The molecule has 1 nitrogen and oxygen atoms in total. The zero-order valence-electron chi connectivity index (χ0n) is 14.2. The zero-order valence-corrected chi connectivity index (χ0v) is 14.2. The monoisotopic (exact) mass is 281 g/mol. The highest BCUT2D eigenvalue weighted by atomic mass is 15.3. The Balaban J connectivity index is 2.17. The summed E-state index contributed by atoms with van der Waals surface area (Å²) in [6.07, 6.45) is 1.23. The van der Waals surface area contributed by atoms with Gasteiger partial charge in [-0.3, -0.25) is 0 Å². The molecule has 1 aliphatic heterocycles. The summed E-state index contributed by atoms with van der Waals surface area (Å²) < 4.78 is 0. The van der Waals surface area contributed by atoms with E-state index in [2.05, 4.69) is 82.8 Å². The van der Waals surface area contributed by atoms with Crippen molar-refractivity contribution in [3.05, 3.63) is 42.0 Å². The van der Waals surface area contributed by atoms with Crippen LogP contribution >= 0.6 is 0 Å². The molecule has 1 saturated heterocycles. The van der Waals surface area contributed by atoms with Crippen LogP contribution in [0.5, 0.6) is 0 Å². The van der Waals surface area contributed by atoms with Gasteiger partial charge in [-0.2, -0.15) is 0 Å². The predicted molar refractivity (Wildman–Crippen MR) is 93.1 cm³/mol. The Hall–Kier alpha value is -1.50. The van der Waals surface area contributed by atoms with Crippen LogP contribution in [0.2, 0.25) is 0 Å². The van der Waals surface area contributed by atoms with Crippen molar-refractivity contribution in [1.82, 2.24) is 0 Å². The van der Waals surface area contributed by atoms with Crippen LogP contribution < -0.4 is 4.90 Å². The first-order chi connectivity index (χ1) is 9.72. The van der Waals surface area contributed by atoms with E-state index < -0.39 is 0 Å². The molecule has 0 N–H and O–H groups in total. The molecule has 2 aromatic rings. The Bertz CT molecular complexity index is 681. The number of aryl methyl sites for hydroxylation is 1. The first-order valence-electron chi connectivity index (χ1n) is 8.01. The van der Waals surface area contributed by atoms with Crippen molar-refractivity contribution in [2.24, 2.45) is 5.41 Å². The lowest BCUT2D eigenvalue weighted by Crippen LogP contribution is -2.43. The van der Waals surface area contributed by atoms with Crippen LogP contribution in [0.4, 0.5) is 5.69 Å². The Morgan fingerprint density at radius 2 is 1.57 bits per heavy atom. The minimum atomic E-state index is 0.204. The Kier molecular flexibility index (Phi) is 3.09. The van der Waals surface area contributed by atoms with E-state index in [4.69, 9.17) is 0 Å². The van der Waals surface area contributed by atoms with Crippen molar-refractivity contribution in [3.63, 3.8) is 0 Å². The van der Waals surface area contributed by atoms with Crippen molar-refractivity contribution in [2.75, 3.05) is 4.90 Å². The van der Waals surface area contributed by atoms with Gasteiger partial charge in [-0.1, -0.05) is 38.1 Å². The molecule has 1 heterocycles. The van der Waals surface area contributed by atoms with E-state index in [9.17, 15) is 0 Å². The second-order valence-corrected chi connectivity index (χ2v) is 8.01. The standard InChI is InChI=1S/C20H27N/c1-14-11-16-9-7-8-10-17(16)12-18(14)21-15(2)19(3,4)13-20(21,5)6/h7-12,15H,13H2,1-6H3/t15-/m0/s1. The van der Waals surface area contributed by atoms with E-state index in [1.54, 1.807) is 0 Å². The number of hydrogen-bond acceptors (Lipinski definition) is 1. The lowest BCUT2D eigenvalue weighted by molar-refractivity contribution is 0.329. The van der Waals surface area contributed by atoms with Gasteiger partial charge in [0.05, 0.1) is 0 Å². The summed E-state index contributed by atoms with van der Waals surface area (Å²) in [7, 11) is 0. The average molecular weight is 281 g/mol. The van der Waals surface area contributed by atoms with Gasteiger partial charge in [0.15, 0.2) is 0 Å². The van der Waals surface area contributed by atoms with E-state index in [1.165, 1.54) is 28.4 Å². The fraction of sp³-hybridized carbons (Fsp3) is 0.500. The third-order valence-electron chi connectivity index (χ3n) is 5.38. The van der Waals surface area contributed by atoms with Gasteiger partial charge in [-0.25, -0.2) is 0 Å². The Labute approximate surface area is 129 Å². The van der Waals surface area contributed by atoms with Gasteiger partial charge in [-0.15, -0.1) is 0 Å². The summed E-state index contributed by atoms with van der Waals surface area (Å²) in [5.41, 5.74) is 3.33. The molecule has 21 heavy (non-hydrogen) atoms. The van der Waals surface area contributed by atoms with E-state index in [-0.39, 0.29) is 5.54 Å². The highest BCUT2D eigenvalue weighted by Gasteiger charge is 2.48. The molecule has 0 spiro atoms. The highest BCUT2D eigenvalue weighted by Crippen LogP contribution is 2.49. The maximum atomic E-state index is 2.65. The maximum absolute atomic E-state index is 2.65. The largest absolute Gasteiger partial charge is 0.363 e. The van der Waals surface area contributed by atoms with Gasteiger partial charge in [-0.05, 0) is 68.0 Å². The summed E-state index contributed by atoms with van der Waals surface area (Å²) in [5, 5.41) is 2.67. The maximum Gasteiger partial charge on any atom is 0.0409 e. The predicted octanol–water partition coefficient (Wildman–Crippen LogP) is 5.55. The Morgan fingerprint density at radius 1 is 1.00 bits per heavy atom. The SMILES string of the molecule is Cc1cc2ccccc2cc1N1[C@@H](C)C(C)(C)CC1(C)C. The molecular formula is C20H27N. The molecule has 1 atom stereocenters. The minimum absolute atomic E-state index is 0.204. The van der Waals surface area contributed by atoms with Crippen LogP contribution in [0.3, 0.4) is 0 Å². The first kappa shape index (κ1) is 14.4. The van der Waals surface area contributed by atoms with E-state index in [0.717, 1.165) is 0 Å². The fourth-order valence-electron chi connectivity index (χ4n) is 4.36. The Morgan fingerprint density at radius 3 is 2.10 bits per heavy atom. The van der Waals surface area contributed by atoms with Gasteiger partial charge < -0.3 is 4.90 Å². The molecule has 0 unspecified atom stereocenters. The summed E-state index contributed by atoms with van der Waals surface area (Å²) in [4.78, 5) is 2.65. The van der Waals surface area contributed by atoms with Gasteiger partial charge in [0.2, 0.25) is 0 Å². The van der Waals surface area contributed by atoms with E-state index in [1.807, 2.05) is 0 Å². The molecular weight excluding hydrogens is 254 g/mol. The molecule has 0 bridgehead atoms. The molecule has 0 aromatic heterocycles. The van der Waals surface area contributed by atoms with Gasteiger partial charge in [0.1, 0.15) is 0 Å². The molecule has 1 fully saturated rings. The van der Waals surface area contributed by atoms with Crippen molar-refractivity contribution in [1.29, 1.82) is 0 Å². The number of hydrogen-bond donors (Lipinski definition) is 0. The normalized spacial score (nSPS) is 23.7. The van der Waals surface area contributed by atoms with Crippen LogP contribution in [-0.4, -0.2) is 11.6 Å². The fourth-order valence-corrected chi connectivity index (χ4v) is 4.36. The molecule has 3 rings (SSSR count). The number of benzene rings is 2. The first-order valence-corrected chi connectivity index (χ1v) is 8.01. The molecule has 1 aliphatic rings. The number of rotatable bonds is 1. The molecule has 0 aliphatic carbocycles. The molecule has 2 aromatic carbocycles. The van der Waals surface area contributed by atoms with Crippen LogP contribution in [0, 0.1) is 12.3 Å². The summed E-state index contributed by atoms with van der Waals surface area (Å²) in [6, 6.07) is 13.9. The number of fused-ring (bicyclic) bond motifs is 1. The lowest BCUT2D eigenvalue weighted by Gasteiger charge is -2.39. The van der Waals surface area contributed by atoms with Crippen LogP contribution in [0.1, 0.15) is 46.6 Å². The van der Waals surface area contributed by atoms with Crippen LogP contribution in [-0.2, 0) is 0 Å². The zero-order chi connectivity index (χ0) is 15.4. The van der Waals surface area contributed by atoms with Crippen molar-refractivity contribution >= 4 is 16.5 Å². The van der Waals surface area contributed by atoms with Crippen LogP contribution in [0.25, 0.3) is 10.8 Å². The van der Waals surface area contributed by atoms with Crippen LogP contribution in [0.15, 0.2) is 36.4 Å². The van der Waals surface area contributed by atoms with Crippen molar-refractivity contribution < 1.29 is 0 Å². The minimum Gasteiger partial charge on any atom is -0.363 e. The highest BCUT2D eigenvalue weighted by molar-refractivity contribution is 5.87. The van der Waals surface area contributed by atoms with E-state index in [0.29, 0.717) is 11.5 Å². The second kappa shape index (κ2) is 4.50. The molecule has 0 amide bonds. The molecule has 112 valence electrons. The van der Waals surface area contributed by atoms with Gasteiger partial charge >= 0.3 is 0 Å². The second-order valence-electron chi connectivity index (χ2n) is 8.01. The van der Waals surface area contributed by atoms with Gasteiger partial charge in [0, 0.05) is 17.3 Å². The number of nitrogens with zero attached hydrogens (tertiary/aromatic N) is 1. The topological polar surface area (TPSA) is 3.24 Å².